The fourth-order valence-electron chi connectivity index (χ4n) is 5.06. The Bertz CT molecular complexity index is 1910. The molecule has 11 heteroatoms. The number of rotatable bonds is 8. The van der Waals surface area contributed by atoms with E-state index in [1.54, 1.807) is 11.3 Å². The van der Waals surface area contributed by atoms with Crippen LogP contribution in [0.5, 0.6) is 5.75 Å². The Morgan fingerprint density at radius 1 is 1.00 bits per heavy atom. The van der Waals surface area contributed by atoms with Gasteiger partial charge in [-0.05, 0) is 49.4 Å². The van der Waals surface area contributed by atoms with Gasteiger partial charge in [0, 0.05) is 47.7 Å². The Morgan fingerprint density at radius 3 is 2.56 bits per heavy atom. The summed E-state index contributed by atoms with van der Waals surface area (Å²) in [5, 5.41) is 4.45. The number of thiazole rings is 2. The molecule has 7 rings (SSSR count). The molecule has 3 aromatic heterocycles. The molecule has 0 aliphatic carbocycles. The van der Waals surface area contributed by atoms with Crippen molar-refractivity contribution in [3.05, 3.63) is 88.5 Å². The van der Waals surface area contributed by atoms with Gasteiger partial charge in [-0.3, -0.25) is 14.1 Å². The molecule has 43 heavy (non-hydrogen) atoms. The first-order valence-corrected chi connectivity index (χ1v) is 16.0. The number of carbonyl (C=O) groups excluding carboxylic acids is 1. The number of morpholine rings is 1. The van der Waals surface area contributed by atoms with Gasteiger partial charge in [-0.15, -0.1) is 11.3 Å². The minimum atomic E-state index is -0.179. The van der Waals surface area contributed by atoms with Gasteiger partial charge in [0.25, 0.3) is 5.91 Å². The fraction of sp³-hybridized carbons (Fsp3) is 0.219. The number of imidazole rings is 1. The number of fused-ring (bicyclic) bond motifs is 3. The third-order valence-corrected chi connectivity index (χ3v) is 9.85. The largest absolute Gasteiger partial charge is 0.492 e. The molecule has 0 unspecified atom stereocenters. The summed E-state index contributed by atoms with van der Waals surface area (Å²) in [5.41, 5.74) is 5.29. The van der Waals surface area contributed by atoms with Crippen LogP contribution in [-0.4, -0.2) is 64.6 Å². The second-order valence-corrected chi connectivity index (χ2v) is 12.7. The number of halogens is 1. The molecule has 6 aromatic rings. The first-order chi connectivity index (χ1) is 21.0. The molecular formula is C32H28ClN5O3S2. The summed E-state index contributed by atoms with van der Waals surface area (Å²) in [6.07, 6.45) is 2.06. The predicted molar refractivity (Wildman–Crippen MR) is 174 cm³/mol. The van der Waals surface area contributed by atoms with E-state index < -0.39 is 0 Å². The van der Waals surface area contributed by atoms with E-state index in [-0.39, 0.29) is 5.91 Å². The number of hydrogen-bond acceptors (Lipinski definition) is 8. The molecule has 4 heterocycles. The summed E-state index contributed by atoms with van der Waals surface area (Å²) < 4.78 is 14.7. The smallest absolute Gasteiger partial charge is 0.267 e. The van der Waals surface area contributed by atoms with Crippen LogP contribution in [0.2, 0.25) is 5.02 Å². The highest BCUT2D eigenvalue weighted by Gasteiger charge is 2.17. The lowest BCUT2D eigenvalue weighted by atomic mass is 10.1. The summed E-state index contributed by atoms with van der Waals surface area (Å²) in [5.74, 6) is 0.694. The Labute approximate surface area is 261 Å². The zero-order chi connectivity index (χ0) is 29.3. The third kappa shape index (κ3) is 6.02. The lowest BCUT2D eigenvalue weighted by Crippen LogP contribution is -2.38. The predicted octanol–water partition coefficient (Wildman–Crippen LogP) is 7.26. The Balaban J connectivity index is 1.01. The number of amides is 1. The average Bonchev–Trinajstić information content (AvgIpc) is 3.71. The highest BCUT2D eigenvalue weighted by molar-refractivity contribution is 7.23. The molecule has 1 aliphatic rings. The molecule has 1 amide bonds. The van der Waals surface area contributed by atoms with Gasteiger partial charge in [-0.2, -0.15) is 0 Å². The number of anilines is 1. The molecule has 1 aliphatic heterocycles. The van der Waals surface area contributed by atoms with Gasteiger partial charge in [0.2, 0.25) is 0 Å². The number of benzene rings is 3. The first-order valence-electron chi connectivity index (χ1n) is 14.0. The highest BCUT2D eigenvalue weighted by Crippen LogP contribution is 2.33. The normalized spacial score (nSPS) is 14.0. The van der Waals surface area contributed by atoms with Crippen LogP contribution in [-0.2, 0) is 4.74 Å². The maximum atomic E-state index is 13.1. The number of nitrogens with zero attached hydrogens (tertiary/aromatic N) is 4. The van der Waals surface area contributed by atoms with E-state index in [1.165, 1.54) is 11.3 Å². The van der Waals surface area contributed by atoms with E-state index in [2.05, 4.69) is 37.9 Å². The molecular weight excluding hydrogens is 602 g/mol. The molecule has 8 nitrogen and oxygen atoms in total. The van der Waals surface area contributed by atoms with E-state index in [0.717, 1.165) is 75.6 Å². The third-order valence-electron chi connectivity index (χ3n) is 7.38. The van der Waals surface area contributed by atoms with Crippen LogP contribution in [0.4, 0.5) is 5.69 Å². The molecule has 218 valence electrons. The SMILES string of the molecule is Cc1nc(-c2ccc(Cl)cc2)sc1C(=O)Nc1ccc(-c2cn3c(n2)sc2cc(OCCN4CCOCC4)ccc23)cc1. The van der Waals surface area contributed by atoms with E-state index in [1.807, 2.05) is 61.5 Å². The molecule has 0 atom stereocenters. The number of carbonyl (C=O) groups is 1. The number of aromatic nitrogens is 3. The molecule has 0 saturated carbocycles. The van der Waals surface area contributed by atoms with Crippen molar-refractivity contribution in [2.24, 2.45) is 0 Å². The number of hydrogen-bond donors (Lipinski definition) is 1. The lowest BCUT2D eigenvalue weighted by molar-refractivity contribution is 0.0322. The maximum Gasteiger partial charge on any atom is 0.267 e. The van der Waals surface area contributed by atoms with Crippen LogP contribution in [0.15, 0.2) is 72.9 Å². The quantitative estimate of drug-likeness (QED) is 0.191. The van der Waals surface area contributed by atoms with Gasteiger partial charge < -0.3 is 14.8 Å². The van der Waals surface area contributed by atoms with Crippen molar-refractivity contribution in [1.29, 1.82) is 0 Å². The molecule has 0 spiro atoms. The van der Waals surface area contributed by atoms with Gasteiger partial charge in [0.05, 0.1) is 34.8 Å². The number of aryl methyl sites for hydroxylation is 1. The Kier molecular flexibility index (Phi) is 7.85. The molecule has 1 N–H and O–H groups in total. The number of ether oxygens (including phenoxy) is 2. The average molecular weight is 630 g/mol. The minimum absolute atomic E-state index is 0.179. The topological polar surface area (TPSA) is 81.0 Å². The Hall–Kier alpha value is -3.80. The zero-order valence-corrected chi connectivity index (χ0v) is 25.8. The van der Waals surface area contributed by atoms with Crippen LogP contribution in [0.25, 0.3) is 37.0 Å². The van der Waals surface area contributed by atoms with Crippen molar-refractivity contribution in [3.63, 3.8) is 0 Å². The highest BCUT2D eigenvalue weighted by atomic mass is 35.5. The van der Waals surface area contributed by atoms with E-state index in [4.69, 9.17) is 26.1 Å². The van der Waals surface area contributed by atoms with Crippen molar-refractivity contribution >= 4 is 61.0 Å². The van der Waals surface area contributed by atoms with Crippen molar-refractivity contribution in [2.75, 3.05) is 44.8 Å². The van der Waals surface area contributed by atoms with Crippen LogP contribution >= 0.6 is 34.3 Å². The summed E-state index contributed by atoms with van der Waals surface area (Å²) >= 11 is 9.02. The monoisotopic (exact) mass is 629 g/mol. The van der Waals surface area contributed by atoms with Crippen LogP contribution in [0, 0.1) is 6.92 Å². The van der Waals surface area contributed by atoms with Crippen molar-refractivity contribution in [3.8, 4) is 27.6 Å². The summed E-state index contributed by atoms with van der Waals surface area (Å²) in [6.45, 7) is 6.92. The van der Waals surface area contributed by atoms with Gasteiger partial charge >= 0.3 is 0 Å². The van der Waals surface area contributed by atoms with Crippen LogP contribution in [0.1, 0.15) is 15.4 Å². The summed E-state index contributed by atoms with van der Waals surface area (Å²) in [6, 6.07) is 21.4. The van der Waals surface area contributed by atoms with Crippen molar-refractivity contribution < 1.29 is 14.3 Å². The molecule has 0 radical (unpaired) electrons. The van der Waals surface area contributed by atoms with E-state index >= 15 is 0 Å². The minimum Gasteiger partial charge on any atom is -0.492 e. The lowest BCUT2D eigenvalue weighted by Gasteiger charge is -2.26. The molecule has 3 aromatic carbocycles. The zero-order valence-electron chi connectivity index (χ0n) is 23.4. The first kappa shape index (κ1) is 28.0. The standard InChI is InChI=1S/C32H28ClN5O3S2/c1-20-29(43-31(34-20)22-2-6-23(33)7-3-22)30(39)35-24-8-4-21(5-9-24)26-19-38-27-11-10-25(18-28(27)42-32(38)36-26)41-17-14-37-12-15-40-16-13-37/h2-11,18-19H,12-17H2,1H3,(H,35,39). The fourth-order valence-corrected chi connectivity index (χ4v) is 7.19. The van der Waals surface area contributed by atoms with Crippen molar-refractivity contribution in [1.82, 2.24) is 19.3 Å². The Morgan fingerprint density at radius 2 is 1.77 bits per heavy atom. The maximum absolute atomic E-state index is 13.1. The molecule has 1 saturated heterocycles. The van der Waals surface area contributed by atoms with Gasteiger partial charge in [-0.25, -0.2) is 9.97 Å². The molecule has 1 fully saturated rings. The van der Waals surface area contributed by atoms with Gasteiger partial charge in [0.15, 0.2) is 4.96 Å². The second kappa shape index (κ2) is 12.1. The van der Waals surface area contributed by atoms with E-state index in [9.17, 15) is 4.79 Å². The van der Waals surface area contributed by atoms with Crippen LogP contribution < -0.4 is 10.1 Å². The number of nitrogens with one attached hydrogen (secondary N) is 1. The molecule has 0 bridgehead atoms. The van der Waals surface area contributed by atoms with E-state index in [0.29, 0.717) is 27.9 Å². The van der Waals surface area contributed by atoms with Crippen molar-refractivity contribution in [2.45, 2.75) is 6.92 Å². The second-order valence-electron chi connectivity index (χ2n) is 10.3. The van der Waals surface area contributed by atoms with Gasteiger partial charge in [0.1, 0.15) is 22.2 Å². The summed E-state index contributed by atoms with van der Waals surface area (Å²) in [4.78, 5) is 26.4. The van der Waals surface area contributed by atoms with Gasteiger partial charge in [-0.1, -0.05) is 47.2 Å². The summed E-state index contributed by atoms with van der Waals surface area (Å²) in [7, 11) is 0. The van der Waals surface area contributed by atoms with Crippen LogP contribution in [0.3, 0.4) is 0 Å².